The number of amides is 2. The summed E-state index contributed by atoms with van der Waals surface area (Å²) in [6, 6.07) is 17.3. The lowest BCUT2D eigenvalue weighted by Gasteiger charge is -2.32. The average Bonchev–Trinajstić information content (AvgIpc) is 3.00. The summed E-state index contributed by atoms with van der Waals surface area (Å²) in [5, 5.41) is 8.50. The van der Waals surface area contributed by atoms with Crippen molar-refractivity contribution >= 4 is 44.2 Å². The molecule has 0 aliphatic carbocycles. The second kappa shape index (κ2) is 11.2. The SMILES string of the molecule is CC[C@H](NC1COC1)C(=O)N[C@H]1CCc2ccccc2N(Cc2c(OC)ccc3cc(Br)ccc23)C1=O. The molecule has 0 aromatic heterocycles. The first-order valence-electron chi connectivity index (χ1n) is 12.8. The van der Waals surface area contributed by atoms with E-state index in [1.165, 1.54) is 0 Å². The number of fused-ring (bicyclic) bond motifs is 2. The van der Waals surface area contributed by atoms with Gasteiger partial charge in [0.05, 0.1) is 39.0 Å². The standard InChI is InChI=1S/C29H32BrN3O4/c1-3-24(31-21-16-37-17-21)28(34)32-25-12-8-18-6-4-5-7-26(18)33(29(25)35)15-23-22-11-10-20(30)14-19(22)9-13-27(23)36-2/h4-7,9-11,13-14,21,24-25,31H,3,8,12,15-17H2,1-2H3,(H,32,34)/t24-,25-/m0/s1. The van der Waals surface area contributed by atoms with Gasteiger partial charge in [-0.3, -0.25) is 14.9 Å². The second-order valence-electron chi connectivity index (χ2n) is 9.63. The van der Waals surface area contributed by atoms with Crippen LogP contribution < -0.4 is 20.3 Å². The second-order valence-corrected chi connectivity index (χ2v) is 10.5. The Kier molecular flexibility index (Phi) is 7.79. The first-order chi connectivity index (χ1) is 18.0. The highest BCUT2D eigenvalue weighted by Gasteiger charge is 2.34. The molecule has 2 N–H and O–H groups in total. The number of carbonyl (C=O) groups is 2. The summed E-state index contributed by atoms with van der Waals surface area (Å²) >= 11 is 3.56. The van der Waals surface area contributed by atoms with Gasteiger partial charge in [0.25, 0.3) is 0 Å². The molecule has 0 saturated carbocycles. The van der Waals surface area contributed by atoms with Crippen LogP contribution >= 0.6 is 15.9 Å². The van der Waals surface area contributed by atoms with E-state index < -0.39 is 6.04 Å². The number of anilines is 1. The number of carbonyl (C=O) groups excluding carboxylic acids is 2. The molecule has 2 atom stereocenters. The fourth-order valence-corrected chi connectivity index (χ4v) is 5.52. The van der Waals surface area contributed by atoms with E-state index in [9.17, 15) is 9.59 Å². The molecule has 8 heteroatoms. The smallest absolute Gasteiger partial charge is 0.249 e. The summed E-state index contributed by atoms with van der Waals surface area (Å²) in [5.74, 6) is 0.463. The Balaban J connectivity index is 1.47. The summed E-state index contributed by atoms with van der Waals surface area (Å²) in [4.78, 5) is 29.1. The number of nitrogens with one attached hydrogen (secondary N) is 2. The highest BCUT2D eigenvalue weighted by molar-refractivity contribution is 9.10. The van der Waals surface area contributed by atoms with Gasteiger partial charge in [0.1, 0.15) is 11.8 Å². The predicted molar refractivity (Wildman–Crippen MR) is 148 cm³/mol. The van der Waals surface area contributed by atoms with Crippen molar-refractivity contribution in [3.05, 3.63) is 70.2 Å². The summed E-state index contributed by atoms with van der Waals surface area (Å²) < 4.78 is 12.0. The number of aryl methyl sites for hydroxylation is 1. The first-order valence-corrected chi connectivity index (χ1v) is 13.6. The van der Waals surface area contributed by atoms with Gasteiger partial charge in [-0.2, -0.15) is 0 Å². The predicted octanol–water partition coefficient (Wildman–Crippen LogP) is 4.34. The Hall–Kier alpha value is -2.94. The fraction of sp³-hybridized carbons (Fsp3) is 0.379. The molecular formula is C29H32BrN3O4. The lowest BCUT2D eigenvalue weighted by molar-refractivity contribution is -0.129. The molecule has 2 aliphatic rings. The number of nitrogens with zero attached hydrogens (tertiary/aromatic N) is 1. The normalized spacial score (nSPS) is 18.6. The monoisotopic (exact) mass is 565 g/mol. The number of benzene rings is 3. The molecule has 3 aromatic rings. The van der Waals surface area contributed by atoms with Crippen molar-refractivity contribution in [2.24, 2.45) is 0 Å². The van der Waals surface area contributed by atoms with Crippen LogP contribution in [-0.4, -0.2) is 50.3 Å². The van der Waals surface area contributed by atoms with Crippen LogP contribution in [0.2, 0.25) is 0 Å². The van der Waals surface area contributed by atoms with E-state index in [-0.39, 0.29) is 23.9 Å². The summed E-state index contributed by atoms with van der Waals surface area (Å²) in [6.45, 7) is 3.52. The first kappa shape index (κ1) is 25.7. The van der Waals surface area contributed by atoms with Crippen LogP contribution in [0, 0.1) is 0 Å². The number of hydrogen-bond acceptors (Lipinski definition) is 5. The Morgan fingerprint density at radius 3 is 2.73 bits per heavy atom. The zero-order valence-corrected chi connectivity index (χ0v) is 22.7. The summed E-state index contributed by atoms with van der Waals surface area (Å²) in [5.41, 5.74) is 2.89. The molecule has 1 fully saturated rings. The molecular weight excluding hydrogens is 534 g/mol. The van der Waals surface area contributed by atoms with Crippen molar-refractivity contribution in [3.63, 3.8) is 0 Å². The third-order valence-corrected chi connectivity index (χ3v) is 7.74. The molecule has 3 aromatic carbocycles. The van der Waals surface area contributed by atoms with Crippen LogP contribution in [0.5, 0.6) is 5.75 Å². The van der Waals surface area contributed by atoms with Crippen LogP contribution in [0.1, 0.15) is 30.9 Å². The summed E-state index contributed by atoms with van der Waals surface area (Å²) in [7, 11) is 1.65. The Morgan fingerprint density at radius 1 is 1.19 bits per heavy atom. The number of hydrogen-bond donors (Lipinski definition) is 2. The zero-order chi connectivity index (χ0) is 25.9. The van der Waals surface area contributed by atoms with E-state index in [0.29, 0.717) is 39.0 Å². The lowest BCUT2D eigenvalue weighted by atomic mass is 10.0. The third kappa shape index (κ3) is 5.37. The van der Waals surface area contributed by atoms with Crippen LogP contribution in [0.4, 0.5) is 5.69 Å². The molecule has 0 bridgehead atoms. The minimum atomic E-state index is -0.622. The molecule has 1 saturated heterocycles. The maximum Gasteiger partial charge on any atom is 0.249 e. The van der Waals surface area contributed by atoms with Gasteiger partial charge in [-0.1, -0.05) is 53.2 Å². The molecule has 0 spiro atoms. The molecule has 7 nitrogen and oxygen atoms in total. The van der Waals surface area contributed by atoms with Crippen LogP contribution in [-0.2, 0) is 27.3 Å². The molecule has 5 rings (SSSR count). The number of ether oxygens (including phenoxy) is 2. The van der Waals surface area contributed by atoms with Crippen molar-refractivity contribution in [2.45, 2.75) is 50.9 Å². The summed E-state index contributed by atoms with van der Waals surface area (Å²) in [6.07, 6.45) is 1.88. The van der Waals surface area contributed by atoms with Crippen molar-refractivity contribution in [1.82, 2.24) is 10.6 Å². The van der Waals surface area contributed by atoms with E-state index in [2.05, 4.69) is 38.7 Å². The van der Waals surface area contributed by atoms with E-state index in [4.69, 9.17) is 9.47 Å². The van der Waals surface area contributed by atoms with E-state index in [0.717, 1.165) is 37.8 Å². The zero-order valence-electron chi connectivity index (χ0n) is 21.1. The van der Waals surface area contributed by atoms with E-state index in [1.807, 2.05) is 49.4 Å². The van der Waals surface area contributed by atoms with Crippen molar-refractivity contribution in [1.29, 1.82) is 0 Å². The maximum absolute atomic E-state index is 14.1. The van der Waals surface area contributed by atoms with Gasteiger partial charge in [-0.15, -0.1) is 0 Å². The van der Waals surface area contributed by atoms with Gasteiger partial charge in [0, 0.05) is 15.7 Å². The van der Waals surface area contributed by atoms with Crippen molar-refractivity contribution in [3.8, 4) is 5.75 Å². The maximum atomic E-state index is 14.1. The molecule has 194 valence electrons. The van der Waals surface area contributed by atoms with E-state index in [1.54, 1.807) is 12.0 Å². The minimum Gasteiger partial charge on any atom is -0.496 e. The Morgan fingerprint density at radius 2 is 2.00 bits per heavy atom. The number of rotatable bonds is 8. The van der Waals surface area contributed by atoms with Crippen LogP contribution in [0.25, 0.3) is 10.8 Å². The molecule has 0 unspecified atom stereocenters. The van der Waals surface area contributed by atoms with E-state index >= 15 is 0 Å². The number of halogens is 1. The van der Waals surface area contributed by atoms with Crippen molar-refractivity contribution in [2.75, 3.05) is 25.2 Å². The number of methoxy groups -OCH3 is 1. The van der Waals surface area contributed by atoms with Crippen molar-refractivity contribution < 1.29 is 19.1 Å². The van der Waals surface area contributed by atoms with Crippen LogP contribution in [0.15, 0.2) is 59.1 Å². The fourth-order valence-electron chi connectivity index (χ4n) is 5.14. The molecule has 0 radical (unpaired) electrons. The highest BCUT2D eigenvalue weighted by Crippen LogP contribution is 2.35. The topological polar surface area (TPSA) is 79.9 Å². The molecule has 37 heavy (non-hydrogen) atoms. The third-order valence-electron chi connectivity index (χ3n) is 7.25. The average molecular weight is 566 g/mol. The van der Waals surface area contributed by atoms with Gasteiger partial charge in [0.15, 0.2) is 0 Å². The largest absolute Gasteiger partial charge is 0.496 e. The highest BCUT2D eigenvalue weighted by atomic mass is 79.9. The van der Waals surface area contributed by atoms with Gasteiger partial charge in [-0.25, -0.2) is 0 Å². The Bertz CT molecular complexity index is 1310. The van der Waals surface area contributed by atoms with Crippen LogP contribution in [0.3, 0.4) is 0 Å². The number of para-hydroxylation sites is 1. The molecule has 2 amide bonds. The Labute approximate surface area is 225 Å². The molecule has 2 aliphatic heterocycles. The quantitative estimate of drug-likeness (QED) is 0.424. The molecule has 2 heterocycles. The lowest BCUT2D eigenvalue weighted by Crippen LogP contribution is -2.57. The van der Waals surface area contributed by atoms with Gasteiger partial charge in [-0.05, 0) is 59.9 Å². The van der Waals surface area contributed by atoms with Gasteiger partial charge >= 0.3 is 0 Å². The minimum absolute atomic E-state index is 0.115. The van der Waals surface area contributed by atoms with Gasteiger partial charge < -0.3 is 19.7 Å². The van der Waals surface area contributed by atoms with Gasteiger partial charge in [0.2, 0.25) is 11.8 Å².